The van der Waals surface area contributed by atoms with Crippen LogP contribution in [0.3, 0.4) is 0 Å². The van der Waals surface area contributed by atoms with Crippen molar-refractivity contribution in [1.82, 2.24) is 10.6 Å². The number of benzene rings is 1. The second kappa shape index (κ2) is 12.4. The van der Waals surface area contributed by atoms with E-state index < -0.39 is 0 Å². The van der Waals surface area contributed by atoms with Crippen LogP contribution < -0.4 is 15.4 Å². The van der Waals surface area contributed by atoms with Gasteiger partial charge >= 0.3 is 0 Å². The van der Waals surface area contributed by atoms with E-state index in [-0.39, 0.29) is 24.0 Å². The minimum absolute atomic E-state index is 0. The third-order valence-electron chi connectivity index (χ3n) is 3.77. The summed E-state index contributed by atoms with van der Waals surface area (Å²) in [6, 6.07) is 8.17. The zero-order chi connectivity index (χ0) is 16.3. The summed E-state index contributed by atoms with van der Waals surface area (Å²) >= 11 is 0. The Morgan fingerprint density at radius 1 is 1.21 bits per heavy atom. The molecule has 0 saturated heterocycles. The largest absolute Gasteiger partial charge is 0.497 e. The first kappa shape index (κ1) is 21.0. The fourth-order valence-corrected chi connectivity index (χ4v) is 2.22. The first-order chi connectivity index (χ1) is 11.3. The van der Waals surface area contributed by atoms with E-state index in [0.29, 0.717) is 13.2 Å². The number of rotatable bonds is 10. The standard InChI is InChI=1S/C18H29N3O2.HI/c1-3-19-18(21-12-13-23-14-16-4-5-16)20-11-10-15-6-8-17(22-2)9-7-15;/h6-9,16H,3-5,10-14H2,1-2H3,(H2,19,20,21);1H. The van der Waals surface area contributed by atoms with Gasteiger partial charge < -0.3 is 20.1 Å². The molecule has 0 aliphatic heterocycles. The van der Waals surface area contributed by atoms with Crippen molar-refractivity contribution in [2.24, 2.45) is 10.9 Å². The van der Waals surface area contributed by atoms with Gasteiger partial charge in [-0.3, -0.25) is 4.99 Å². The van der Waals surface area contributed by atoms with Crippen LogP contribution in [0.4, 0.5) is 0 Å². The maximum Gasteiger partial charge on any atom is 0.191 e. The monoisotopic (exact) mass is 447 g/mol. The Bertz CT molecular complexity index is 476. The van der Waals surface area contributed by atoms with Crippen molar-refractivity contribution in [3.05, 3.63) is 29.8 Å². The Morgan fingerprint density at radius 2 is 1.96 bits per heavy atom. The van der Waals surface area contributed by atoms with Gasteiger partial charge in [-0.2, -0.15) is 0 Å². The lowest BCUT2D eigenvalue weighted by Gasteiger charge is -2.11. The summed E-state index contributed by atoms with van der Waals surface area (Å²) in [5.74, 6) is 2.56. The second-order valence-electron chi connectivity index (χ2n) is 5.80. The summed E-state index contributed by atoms with van der Waals surface area (Å²) in [6.07, 6.45) is 3.62. The molecular weight excluding hydrogens is 417 g/mol. The van der Waals surface area contributed by atoms with Gasteiger partial charge in [0.1, 0.15) is 5.75 Å². The molecule has 0 heterocycles. The minimum atomic E-state index is 0. The van der Waals surface area contributed by atoms with Gasteiger partial charge in [-0.05, 0) is 49.8 Å². The summed E-state index contributed by atoms with van der Waals surface area (Å²) in [5.41, 5.74) is 1.28. The zero-order valence-electron chi connectivity index (χ0n) is 14.7. The van der Waals surface area contributed by atoms with Gasteiger partial charge in [0, 0.05) is 19.7 Å². The molecule has 0 amide bonds. The first-order valence-electron chi connectivity index (χ1n) is 8.54. The van der Waals surface area contributed by atoms with Gasteiger partial charge in [0.15, 0.2) is 5.96 Å². The molecule has 2 rings (SSSR count). The molecule has 24 heavy (non-hydrogen) atoms. The summed E-state index contributed by atoms with van der Waals surface area (Å²) in [5, 5.41) is 6.62. The Hall–Kier alpha value is -1.02. The summed E-state index contributed by atoms with van der Waals surface area (Å²) in [4.78, 5) is 4.54. The van der Waals surface area contributed by atoms with Gasteiger partial charge in [0.2, 0.25) is 0 Å². The Labute approximate surface area is 162 Å². The van der Waals surface area contributed by atoms with Crippen molar-refractivity contribution < 1.29 is 9.47 Å². The lowest BCUT2D eigenvalue weighted by Crippen LogP contribution is -2.38. The number of methoxy groups -OCH3 is 1. The number of guanidine groups is 1. The van der Waals surface area contributed by atoms with E-state index in [1.54, 1.807) is 7.11 Å². The lowest BCUT2D eigenvalue weighted by atomic mass is 10.1. The molecule has 0 unspecified atom stereocenters. The smallest absolute Gasteiger partial charge is 0.191 e. The van der Waals surface area contributed by atoms with E-state index in [1.807, 2.05) is 12.1 Å². The molecular formula is C18H30IN3O2. The summed E-state index contributed by atoms with van der Waals surface area (Å²) in [6.45, 7) is 6.08. The van der Waals surface area contributed by atoms with Crippen molar-refractivity contribution >= 4 is 29.9 Å². The third kappa shape index (κ3) is 8.73. The zero-order valence-corrected chi connectivity index (χ0v) is 17.0. The molecule has 1 aliphatic carbocycles. The molecule has 1 aromatic carbocycles. The summed E-state index contributed by atoms with van der Waals surface area (Å²) in [7, 11) is 1.68. The first-order valence-corrected chi connectivity index (χ1v) is 8.54. The highest BCUT2D eigenvalue weighted by Crippen LogP contribution is 2.28. The number of ether oxygens (including phenoxy) is 2. The highest BCUT2D eigenvalue weighted by atomic mass is 127. The van der Waals surface area contributed by atoms with Crippen LogP contribution in [-0.2, 0) is 11.2 Å². The molecule has 6 heteroatoms. The number of hydrogen-bond acceptors (Lipinski definition) is 3. The average molecular weight is 447 g/mol. The average Bonchev–Trinajstić information content (AvgIpc) is 3.39. The van der Waals surface area contributed by atoms with Gasteiger partial charge in [0.25, 0.3) is 0 Å². The highest BCUT2D eigenvalue weighted by molar-refractivity contribution is 14.0. The van der Waals surface area contributed by atoms with Crippen molar-refractivity contribution in [1.29, 1.82) is 0 Å². The topological polar surface area (TPSA) is 54.9 Å². The maximum atomic E-state index is 5.61. The number of nitrogens with one attached hydrogen (secondary N) is 2. The van der Waals surface area contributed by atoms with Crippen LogP contribution in [0, 0.1) is 5.92 Å². The number of halogens is 1. The normalized spacial score (nSPS) is 14.0. The Morgan fingerprint density at radius 3 is 2.58 bits per heavy atom. The molecule has 1 fully saturated rings. The van der Waals surface area contributed by atoms with Crippen molar-refractivity contribution in [3.8, 4) is 5.75 Å². The van der Waals surface area contributed by atoms with E-state index in [1.165, 1.54) is 18.4 Å². The van der Waals surface area contributed by atoms with Gasteiger partial charge in [-0.25, -0.2) is 0 Å². The fourth-order valence-electron chi connectivity index (χ4n) is 2.22. The van der Waals surface area contributed by atoms with E-state index in [4.69, 9.17) is 9.47 Å². The molecule has 2 N–H and O–H groups in total. The minimum Gasteiger partial charge on any atom is -0.497 e. The van der Waals surface area contributed by atoms with E-state index >= 15 is 0 Å². The van der Waals surface area contributed by atoms with Crippen LogP contribution in [0.2, 0.25) is 0 Å². The van der Waals surface area contributed by atoms with Crippen LogP contribution in [0.25, 0.3) is 0 Å². The summed E-state index contributed by atoms with van der Waals surface area (Å²) < 4.78 is 10.8. The molecule has 136 valence electrons. The SMILES string of the molecule is CCNC(=NCCOCC1CC1)NCCc1ccc(OC)cc1.I. The molecule has 0 spiro atoms. The number of nitrogens with zero attached hydrogens (tertiary/aromatic N) is 1. The lowest BCUT2D eigenvalue weighted by molar-refractivity contribution is 0.131. The predicted octanol–water partition coefficient (Wildman–Crippen LogP) is 2.84. The van der Waals surface area contributed by atoms with Crippen LogP contribution in [-0.4, -0.2) is 45.9 Å². The van der Waals surface area contributed by atoms with E-state index in [0.717, 1.165) is 43.7 Å². The van der Waals surface area contributed by atoms with Crippen LogP contribution in [0.1, 0.15) is 25.3 Å². The van der Waals surface area contributed by atoms with Crippen molar-refractivity contribution in [2.75, 3.05) is 40.0 Å². The number of hydrogen-bond donors (Lipinski definition) is 2. The third-order valence-corrected chi connectivity index (χ3v) is 3.77. The molecule has 5 nitrogen and oxygen atoms in total. The molecule has 0 bridgehead atoms. The van der Waals surface area contributed by atoms with Crippen molar-refractivity contribution in [2.45, 2.75) is 26.2 Å². The molecule has 1 aliphatic rings. The van der Waals surface area contributed by atoms with Crippen LogP contribution in [0.15, 0.2) is 29.3 Å². The molecule has 1 aromatic rings. The van der Waals surface area contributed by atoms with Gasteiger partial charge in [0.05, 0.1) is 20.3 Å². The van der Waals surface area contributed by atoms with E-state index in [9.17, 15) is 0 Å². The molecule has 0 radical (unpaired) electrons. The quantitative estimate of drug-likeness (QED) is 0.251. The Kier molecular flexibility index (Phi) is 10.8. The van der Waals surface area contributed by atoms with E-state index in [2.05, 4.69) is 34.7 Å². The van der Waals surface area contributed by atoms with Gasteiger partial charge in [-0.1, -0.05) is 12.1 Å². The van der Waals surface area contributed by atoms with Crippen LogP contribution in [0.5, 0.6) is 5.75 Å². The predicted molar refractivity (Wildman–Crippen MR) is 110 cm³/mol. The maximum absolute atomic E-state index is 5.61. The molecule has 1 saturated carbocycles. The number of aliphatic imine (C=N–C) groups is 1. The highest BCUT2D eigenvalue weighted by Gasteiger charge is 2.20. The molecule has 0 aromatic heterocycles. The van der Waals surface area contributed by atoms with Crippen molar-refractivity contribution in [3.63, 3.8) is 0 Å². The van der Waals surface area contributed by atoms with Crippen LogP contribution >= 0.6 is 24.0 Å². The molecule has 0 atom stereocenters. The Balaban J connectivity index is 0.00000288. The fraction of sp³-hybridized carbons (Fsp3) is 0.611. The second-order valence-corrected chi connectivity index (χ2v) is 5.80. The van der Waals surface area contributed by atoms with Gasteiger partial charge in [-0.15, -0.1) is 24.0 Å².